The normalized spacial score (nSPS) is 13.1. The second-order valence-electron chi connectivity index (χ2n) is 12.3. The van der Waals surface area contributed by atoms with Crippen molar-refractivity contribution in [3.63, 3.8) is 0 Å². The van der Waals surface area contributed by atoms with E-state index in [1.807, 2.05) is 0 Å². The molecule has 2 amide bonds. The molecule has 4 N–H and O–H groups in total. The van der Waals surface area contributed by atoms with Crippen LogP contribution in [0.25, 0.3) is 0 Å². The SMILES string of the molecule is CC/C=C\C/C=C\C/C=C\C/C=C\CCC(CCCCCCCC(=O)NCC(=O)NC(CO)C(=O)O)OC(=O)CCCCCCCCC. The number of rotatable bonds is 32. The van der Waals surface area contributed by atoms with Crippen LogP contribution in [0.5, 0.6) is 0 Å². The summed E-state index contributed by atoms with van der Waals surface area (Å²) in [4.78, 5) is 47.2. The zero-order chi connectivity index (χ0) is 35.5. The summed E-state index contributed by atoms with van der Waals surface area (Å²) in [6.45, 7) is 3.30. The van der Waals surface area contributed by atoms with Crippen molar-refractivity contribution in [1.29, 1.82) is 0 Å². The van der Waals surface area contributed by atoms with Crippen molar-refractivity contribution < 1.29 is 34.1 Å². The van der Waals surface area contributed by atoms with Gasteiger partial charge in [-0.05, 0) is 64.2 Å². The average molecular weight is 675 g/mol. The Hall–Kier alpha value is -3.20. The predicted octanol–water partition coefficient (Wildman–Crippen LogP) is 8.03. The molecule has 0 aliphatic carbocycles. The lowest BCUT2D eigenvalue weighted by Crippen LogP contribution is -2.47. The predicted molar refractivity (Wildman–Crippen MR) is 194 cm³/mol. The lowest BCUT2D eigenvalue weighted by Gasteiger charge is -2.17. The standard InChI is InChI=1S/C39H66N2O7/c1-3-5-7-9-11-12-13-14-15-16-18-20-24-28-34(48-38(45)31-27-23-17-10-8-6-4-2)29-25-21-19-22-26-30-36(43)40-32-37(44)41-35(33-42)39(46)47/h5,7,11-12,14-15,18,20,34-35,42H,3-4,6,8-10,13,16-17,19,21-33H2,1-2H3,(H,40,43)(H,41,44)(H,46,47)/b7-5-,12-11-,15-14-,20-18-. The Morgan fingerprint density at radius 2 is 1.19 bits per heavy atom. The van der Waals surface area contributed by atoms with Gasteiger partial charge in [0, 0.05) is 12.8 Å². The maximum absolute atomic E-state index is 12.6. The molecule has 0 rings (SSSR count). The van der Waals surface area contributed by atoms with Gasteiger partial charge in [0.05, 0.1) is 13.2 Å². The Kier molecular flexibility index (Phi) is 31.4. The molecule has 48 heavy (non-hydrogen) atoms. The minimum absolute atomic E-state index is 0.0855. The highest BCUT2D eigenvalue weighted by Gasteiger charge is 2.18. The third-order valence-electron chi connectivity index (χ3n) is 7.85. The number of aliphatic hydroxyl groups is 1. The van der Waals surface area contributed by atoms with Crippen LogP contribution in [0.15, 0.2) is 48.6 Å². The highest BCUT2D eigenvalue weighted by Crippen LogP contribution is 2.17. The molecule has 0 saturated heterocycles. The minimum atomic E-state index is -1.39. The summed E-state index contributed by atoms with van der Waals surface area (Å²) >= 11 is 0. The average Bonchev–Trinajstić information content (AvgIpc) is 3.07. The van der Waals surface area contributed by atoms with Crippen molar-refractivity contribution in [2.75, 3.05) is 13.2 Å². The summed E-state index contributed by atoms with van der Waals surface area (Å²) in [6.07, 6.45) is 37.2. The van der Waals surface area contributed by atoms with Crippen molar-refractivity contribution in [2.45, 2.75) is 161 Å². The number of carboxylic acids is 1. The third kappa shape index (κ3) is 30.2. The number of carbonyl (C=O) groups excluding carboxylic acids is 3. The molecule has 0 saturated carbocycles. The highest BCUT2D eigenvalue weighted by molar-refractivity contribution is 5.87. The number of carbonyl (C=O) groups is 4. The first-order valence-electron chi connectivity index (χ1n) is 18.5. The van der Waals surface area contributed by atoms with Gasteiger partial charge in [-0.25, -0.2) is 4.79 Å². The number of aliphatic hydroxyl groups excluding tert-OH is 1. The molecule has 0 aliphatic rings. The second kappa shape index (κ2) is 33.7. The van der Waals surface area contributed by atoms with Gasteiger partial charge in [-0.2, -0.15) is 0 Å². The van der Waals surface area contributed by atoms with Crippen LogP contribution in [0, 0.1) is 0 Å². The quantitative estimate of drug-likeness (QED) is 0.0321. The molecular weight excluding hydrogens is 608 g/mol. The number of nitrogens with one attached hydrogen (secondary N) is 2. The molecule has 0 aromatic heterocycles. The molecule has 9 nitrogen and oxygen atoms in total. The van der Waals surface area contributed by atoms with Crippen LogP contribution in [-0.4, -0.2) is 59.3 Å². The fourth-order valence-corrected chi connectivity index (χ4v) is 5.00. The van der Waals surface area contributed by atoms with E-state index in [9.17, 15) is 19.2 Å². The van der Waals surface area contributed by atoms with Crippen LogP contribution in [0.4, 0.5) is 0 Å². The van der Waals surface area contributed by atoms with E-state index in [1.165, 1.54) is 32.1 Å². The monoisotopic (exact) mass is 674 g/mol. The summed E-state index contributed by atoms with van der Waals surface area (Å²) in [7, 11) is 0. The van der Waals surface area contributed by atoms with Gasteiger partial charge in [-0.3, -0.25) is 14.4 Å². The van der Waals surface area contributed by atoms with Gasteiger partial charge in [-0.1, -0.05) is 120 Å². The second-order valence-corrected chi connectivity index (χ2v) is 12.3. The maximum Gasteiger partial charge on any atom is 0.328 e. The molecule has 0 aliphatic heterocycles. The summed E-state index contributed by atoms with van der Waals surface area (Å²) in [5.74, 6) is -2.36. The van der Waals surface area contributed by atoms with Crippen molar-refractivity contribution in [3.05, 3.63) is 48.6 Å². The molecule has 2 atom stereocenters. The third-order valence-corrected chi connectivity index (χ3v) is 7.85. The zero-order valence-electron chi connectivity index (χ0n) is 30.0. The van der Waals surface area contributed by atoms with Gasteiger partial charge in [0.1, 0.15) is 12.1 Å². The first-order chi connectivity index (χ1) is 23.3. The topological polar surface area (TPSA) is 142 Å². The molecule has 0 heterocycles. The fraction of sp³-hybridized carbons (Fsp3) is 0.692. The molecule has 2 unspecified atom stereocenters. The van der Waals surface area contributed by atoms with Gasteiger partial charge in [0.15, 0.2) is 0 Å². The van der Waals surface area contributed by atoms with Gasteiger partial charge in [0.25, 0.3) is 0 Å². The molecule has 0 bridgehead atoms. The van der Waals surface area contributed by atoms with Crippen LogP contribution < -0.4 is 10.6 Å². The number of allylic oxidation sites excluding steroid dienone is 8. The van der Waals surface area contributed by atoms with E-state index < -0.39 is 24.5 Å². The lowest BCUT2D eigenvalue weighted by molar-refractivity contribution is -0.150. The number of hydrogen-bond donors (Lipinski definition) is 4. The van der Waals surface area contributed by atoms with Crippen LogP contribution in [0.1, 0.15) is 149 Å². The number of amides is 2. The molecule has 0 spiro atoms. The van der Waals surface area contributed by atoms with Crippen LogP contribution >= 0.6 is 0 Å². The van der Waals surface area contributed by atoms with E-state index in [1.54, 1.807) is 0 Å². The fourth-order valence-electron chi connectivity index (χ4n) is 5.00. The van der Waals surface area contributed by atoms with Crippen molar-refractivity contribution in [1.82, 2.24) is 10.6 Å². The first kappa shape index (κ1) is 44.8. The number of ether oxygens (including phenoxy) is 1. The van der Waals surface area contributed by atoms with E-state index >= 15 is 0 Å². The maximum atomic E-state index is 12.6. The van der Waals surface area contributed by atoms with E-state index in [-0.39, 0.29) is 30.9 Å². The van der Waals surface area contributed by atoms with Crippen molar-refractivity contribution in [2.24, 2.45) is 0 Å². The van der Waals surface area contributed by atoms with Crippen LogP contribution in [-0.2, 0) is 23.9 Å². The molecular formula is C39H66N2O7. The van der Waals surface area contributed by atoms with Gasteiger partial charge in [0.2, 0.25) is 11.8 Å². The van der Waals surface area contributed by atoms with Gasteiger partial charge >= 0.3 is 11.9 Å². The molecule has 0 aromatic rings. The van der Waals surface area contributed by atoms with E-state index in [4.69, 9.17) is 14.9 Å². The number of aliphatic carboxylic acids is 1. The Morgan fingerprint density at radius 1 is 0.646 bits per heavy atom. The Morgan fingerprint density at radius 3 is 1.77 bits per heavy atom. The molecule has 274 valence electrons. The first-order valence-corrected chi connectivity index (χ1v) is 18.5. The lowest BCUT2D eigenvalue weighted by atomic mass is 10.0. The molecule has 0 aromatic carbocycles. The number of carboxylic acid groups (broad SMARTS) is 1. The Balaban J connectivity index is 4.41. The number of unbranched alkanes of at least 4 members (excludes halogenated alkanes) is 10. The van der Waals surface area contributed by atoms with Crippen LogP contribution in [0.3, 0.4) is 0 Å². The van der Waals surface area contributed by atoms with Crippen molar-refractivity contribution >= 4 is 23.8 Å². The highest BCUT2D eigenvalue weighted by atomic mass is 16.5. The van der Waals surface area contributed by atoms with E-state index in [0.29, 0.717) is 12.8 Å². The summed E-state index contributed by atoms with van der Waals surface area (Å²) in [5, 5.41) is 22.5. The van der Waals surface area contributed by atoms with E-state index in [2.05, 4.69) is 73.1 Å². The Bertz CT molecular complexity index is 958. The minimum Gasteiger partial charge on any atom is -0.480 e. The van der Waals surface area contributed by atoms with Gasteiger partial charge in [-0.15, -0.1) is 0 Å². The smallest absolute Gasteiger partial charge is 0.328 e. The molecule has 0 radical (unpaired) electrons. The number of esters is 1. The van der Waals surface area contributed by atoms with Crippen molar-refractivity contribution in [3.8, 4) is 0 Å². The zero-order valence-corrected chi connectivity index (χ0v) is 30.0. The summed E-state index contributed by atoms with van der Waals surface area (Å²) in [6, 6.07) is -1.39. The largest absolute Gasteiger partial charge is 0.480 e. The summed E-state index contributed by atoms with van der Waals surface area (Å²) < 4.78 is 5.92. The Labute approximate surface area is 290 Å². The number of hydrogen-bond acceptors (Lipinski definition) is 6. The molecule has 0 fully saturated rings. The van der Waals surface area contributed by atoms with E-state index in [0.717, 1.165) is 83.5 Å². The molecule has 9 heteroatoms. The van der Waals surface area contributed by atoms with Crippen LogP contribution in [0.2, 0.25) is 0 Å². The van der Waals surface area contributed by atoms with Gasteiger partial charge < -0.3 is 25.6 Å². The summed E-state index contributed by atoms with van der Waals surface area (Å²) in [5.41, 5.74) is 0.